The molecule has 2 rings (SSSR count). The van der Waals surface area contributed by atoms with Crippen molar-refractivity contribution in [1.29, 1.82) is 0 Å². The van der Waals surface area contributed by atoms with E-state index in [0.29, 0.717) is 6.42 Å². The monoisotopic (exact) mass is 214 g/mol. The van der Waals surface area contributed by atoms with E-state index >= 15 is 0 Å². The van der Waals surface area contributed by atoms with Crippen molar-refractivity contribution in [3.05, 3.63) is 54.4 Å². The van der Waals surface area contributed by atoms with Crippen LogP contribution >= 0.6 is 0 Å². The van der Waals surface area contributed by atoms with Gasteiger partial charge in [0.1, 0.15) is 0 Å². The molecule has 1 heterocycles. The van der Waals surface area contributed by atoms with Crippen molar-refractivity contribution in [2.45, 2.75) is 18.9 Å². The molecule has 0 saturated carbocycles. The Hall–Kier alpha value is -1.99. The lowest BCUT2D eigenvalue weighted by Gasteiger charge is -2.24. The van der Waals surface area contributed by atoms with Crippen molar-refractivity contribution in [3.8, 4) is 0 Å². The summed E-state index contributed by atoms with van der Waals surface area (Å²) in [6.45, 7) is 3.46. The van der Waals surface area contributed by atoms with Gasteiger partial charge in [0.05, 0.1) is 12.2 Å². The number of amides is 1. The second kappa shape index (κ2) is 4.69. The normalized spacial score (nSPS) is 19.4. The number of hydrazine groups is 1. The second-order valence-corrected chi connectivity index (χ2v) is 3.71. The minimum absolute atomic E-state index is 0.110. The summed E-state index contributed by atoms with van der Waals surface area (Å²) in [6.07, 6.45) is 2.98. The molecular weight excluding hydrogens is 200 g/mol. The number of benzene rings is 1. The Morgan fingerprint density at radius 3 is 2.88 bits per heavy atom. The largest absolute Gasteiger partial charge is 0.295 e. The van der Waals surface area contributed by atoms with E-state index in [1.807, 2.05) is 30.3 Å². The van der Waals surface area contributed by atoms with Crippen molar-refractivity contribution >= 4 is 5.91 Å². The van der Waals surface area contributed by atoms with Crippen LogP contribution in [-0.4, -0.2) is 10.9 Å². The van der Waals surface area contributed by atoms with E-state index in [1.165, 1.54) is 0 Å². The first kappa shape index (κ1) is 10.5. The molecule has 3 nitrogen and oxygen atoms in total. The van der Waals surface area contributed by atoms with E-state index in [0.717, 1.165) is 12.0 Å². The zero-order chi connectivity index (χ0) is 11.4. The molecule has 3 heteroatoms. The summed E-state index contributed by atoms with van der Waals surface area (Å²) in [5.74, 6) is 0.111. The number of carbonyl (C=O) groups excluding carboxylic acids is 1. The third-order valence-electron chi connectivity index (χ3n) is 2.70. The van der Waals surface area contributed by atoms with Crippen molar-refractivity contribution in [1.82, 2.24) is 10.4 Å². The number of nitrogens with zero attached hydrogens (tertiary/aromatic N) is 1. The minimum atomic E-state index is 0.110. The number of hydrogen-bond acceptors (Lipinski definition) is 2. The fourth-order valence-corrected chi connectivity index (χ4v) is 1.95. The van der Waals surface area contributed by atoms with Gasteiger partial charge >= 0.3 is 0 Å². The van der Waals surface area contributed by atoms with Crippen LogP contribution in [0.25, 0.3) is 0 Å². The highest BCUT2D eigenvalue weighted by atomic mass is 16.2. The van der Waals surface area contributed by atoms with Crippen LogP contribution in [0.5, 0.6) is 0 Å². The summed E-state index contributed by atoms with van der Waals surface area (Å²) in [5, 5.41) is 1.65. The third kappa shape index (κ3) is 2.00. The molecule has 16 heavy (non-hydrogen) atoms. The maximum atomic E-state index is 11.7. The number of hydrogen-bond donors (Lipinski definition) is 1. The Morgan fingerprint density at radius 2 is 2.19 bits per heavy atom. The SMILES string of the molecule is C=C=CNN1C(=O)CCC1c1ccccc1. The average Bonchev–Trinajstić information content (AvgIpc) is 2.69. The van der Waals surface area contributed by atoms with Gasteiger partial charge in [-0.2, -0.15) is 0 Å². The van der Waals surface area contributed by atoms with E-state index in [4.69, 9.17) is 0 Å². The van der Waals surface area contributed by atoms with Crippen LogP contribution in [0.4, 0.5) is 0 Å². The van der Waals surface area contributed by atoms with Gasteiger partial charge in [0.25, 0.3) is 0 Å². The van der Waals surface area contributed by atoms with Crippen LogP contribution < -0.4 is 5.43 Å². The smallest absolute Gasteiger partial charge is 0.241 e. The van der Waals surface area contributed by atoms with E-state index in [9.17, 15) is 4.79 Å². The van der Waals surface area contributed by atoms with Crippen molar-refractivity contribution in [2.75, 3.05) is 0 Å². The number of rotatable bonds is 3. The Bertz CT molecular complexity index is 421. The van der Waals surface area contributed by atoms with E-state index in [2.05, 4.69) is 17.7 Å². The van der Waals surface area contributed by atoms with Crippen LogP contribution in [0.3, 0.4) is 0 Å². The summed E-state index contributed by atoms with van der Waals surface area (Å²) in [6, 6.07) is 10.1. The zero-order valence-corrected chi connectivity index (χ0v) is 9.02. The van der Waals surface area contributed by atoms with Crippen LogP contribution in [0.2, 0.25) is 0 Å². The fourth-order valence-electron chi connectivity index (χ4n) is 1.95. The second-order valence-electron chi connectivity index (χ2n) is 3.71. The molecule has 0 spiro atoms. The molecule has 0 aromatic heterocycles. The van der Waals surface area contributed by atoms with Crippen LogP contribution in [0.1, 0.15) is 24.4 Å². The lowest BCUT2D eigenvalue weighted by atomic mass is 10.1. The van der Waals surface area contributed by atoms with Gasteiger partial charge in [-0.3, -0.25) is 10.2 Å². The van der Waals surface area contributed by atoms with E-state index in [1.54, 1.807) is 11.2 Å². The minimum Gasteiger partial charge on any atom is -0.295 e. The molecule has 0 radical (unpaired) electrons. The standard InChI is InChI=1S/C13H14N2O/c1-2-10-14-15-12(8-9-13(15)16)11-6-4-3-5-7-11/h3-7,10,12,14H,1,8-9H2. The Balaban J connectivity index is 2.20. The number of carbonyl (C=O) groups is 1. The lowest BCUT2D eigenvalue weighted by molar-refractivity contribution is -0.131. The molecule has 1 aromatic carbocycles. The van der Waals surface area contributed by atoms with E-state index < -0.39 is 0 Å². The van der Waals surface area contributed by atoms with Crippen molar-refractivity contribution in [2.24, 2.45) is 0 Å². The summed E-state index contributed by atoms with van der Waals surface area (Å²) >= 11 is 0. The highest BCUT2D eigenvalue weighted by Gasteiger charge is 2.31. The summed E-state index contributed by atoms with van der Waals surface area (Å²) in [4.78, 5) is 11.7. The zero-order valence-electron chi connectivity index (χ0n) is 9.02. The van der Waals surface area contributed by atoms with Crippen LogP contribution in [0, 0.1) is 0 Å². The quantitative estimate of drug-likeness (QED) is 0.782. The molecule has 1 unspecified atom stereocenters. The van der Waals surface area contributed by atoms with Gasteiger partial charge in [0, 0.05) is 6.42 Å². The molecule has 1 aromatic rings. The van der Waals surface area contributed by atoms with Gasteiger partial charge in [-0.05, 0) is 12.0 Å². The van der Waals surface area contributed by atoms with Gasteiger partial charge in [0.2, 0.25) is 5.91 Å². The number of nitrogens with one attached hydrogen (secondary N) is 1. The average molecular weight is 214 g/mol. The molecule has 1 fully saturated rings. The van der Waals surface area contributed by atoms with Gasteiger partial charge in [-0.1, -0.05) is 36.9 Å². The Kier molecular flexibility index (Phi) is 3.08. The molecule has 1 aliphatic heterocycles. The summed E-state index contributed by atoms with van der Waals surface area (Å²) < 4.78 is 0. The first-order chi connectivity index (χ1) is 7.83. The molecule has 0 aliphatic carbocycles. The van der Waals surface area contributed by atoms with Crippen LogP contribution in [-0.2, 0) is 4.79 Å². The van der Waals surface area contributed by atoms with E-state index in [-0.39, 0.29) is 11.9 Å². The Labute approximate surface area is 95.0 Å². The first-order valence-corrected chi connectivity index (χ1v) is 5.30. The topological polar surface area (TPSA) is 32.3 Å². The lowest BCUT2D eigenvalue weighted by Crippen LogP contribution is -2.37. The molecule has 1 saturated heterocycles. The molecule has 1 amide bonds. The molecular formula is C13H14N2O. The molecule has 0 bridgehead atoms. The summed E-state index contributed by atoms with van der Waals surface area (Å²) in [7, 11) is 0. The third-order valence-corrected chi connectivity index (χ3v) is 2.70. The molecule has 1 aliphatic rings. The Morgan fingerprint density at radius 1 is 1.44 bits per heavy atom. The van der Waals surface area contributed by atoms with Gasteiger partial charge in [-0.15, -0.1) is 5.73 Å². The molecule has 1 atom stereocenters. The molecule has 82 valence electrons. The van der Waals surface area contributed by atoms with Crippen molar-refractivity contribution < 1.29 is 4.79 Å². The molecule has 1 N–H and O–H groups in total. The van der Waals surface area contributed by atoms with Gasteiger partial charge in [0.15, 0.2) is 0 Å². The maximum absolute atomic E-state index is 11.7. The predicted molar refractivity (Wildman–Crippen MR) is 62.1 cm³/mol. The fraction of sp³-hybridized carbons (Fsp3) is 0.231. The van der Waals surface area contributed by atoms with Crippen LogP contribution in [0.15, 0.2) is 48.8 Å². The maximum Gasteiger partial charge on any atom is 0.241 e. The highest BCUT2D eigenvalue weighted by Crippen LogP contribution is 2.30. The summed E-state index contributed by atoms with van der Waals surface area (Å²) in [5.41, 5.74) is 6.67. The first-order valence-electron chi connectivity index (χ1n) is 5.30. The van der Waals surface area contributed by atoms with Gasteiger partial charge in [-0.25, -0.2) is 5.01 Å². The predicted octanol–water partition coefficient (Wildman–Crippen LogP) is 2.15. The van der Waals surface area contributed by atoms with Crippen molar-refractivity contribution in [3.63, 3.8) is 0 Å². The highest BCUT2D eigenvalue weighted by molar-refractivity contribution is 5.78. The van der Waals surface area contributed by atoms with Gasteiger partial charge < -0.3 is 0 Å².